The Balaban J connectivity index is 1.81. The van der Waals surface area contributed by atoms with E-state index in [4.69, 9.17) is 9.47 Å². The lowest BCUT2D eigenvalue weighted by Crippen LogP contribution is -2.27. The first kappa shape index (κ1) is 14.9. The predicted octanol–water partition coefficient (Wildman–Crippen LogP) is 2.94. The number of hydrogen-bond acceptors (Lipinski definition) is 5. The first-order valence-electron chi connectivity index (χ1n) is 8.29. The highest BCUT2D eigenvalue weighted by atomic mass is 16.8. The van der Waals surface area contributed by atoms with E-state index in [1.54, 1.807) is 0 Å². The number of aromatic hydroxyl groups is 1. The van der Waals surface area contributed by atoms with Crippen molar-refractivity contribution in [1.29, 1.82) is 0 Å². The molecule has 0 radical (unpaired) electrons. The maximum absolute atomic E-state index is 9.92. The van der Waals surface area contributed by atoms with Gasteiger partial charge in [-0.2, -0.15) is 0 Å². The number of nitrogens with one attached hydrogen (secondary N) is 1. The molecule has 0 aromatic carbocycles. The summed E-state index contributed by atoms with van der Waals surface area (Å²) in [6.45, 7) is 8.42. The Labute approximate surface area is 135 Å². The quantitative estimate of drug-likeness (QED) is 0.890. The molecule has 1 aliphatic heterocycles. The van der Waals surface area contributed by atoms with Crippen LogP contribution in [0.1, 0.15) is 45.6 Å². The Hall–Kier alpha value is -1.66. The van der Waals surface area contributed by atoms with E-state index in [9.17, 15) is 5.11 Å². The fraction of sp³-hybridized carbons (Fsp3) is 0.647. The van der Waals surface area contributed by atoms with Crippen molar-refractivity contribution in [1.82, 2.24) is 15.0 Å². The molecule has 2 aliphatic rings. The van der Waals surface area contributed by atoms with Gasteiger partial charge in [-0.1, -0.05) is 20.3 Å². The van der Waals surface area contributed by atoms with E-state index in [-0.39, 0.29) is 24.0 Å². The van der Waals surface area contributed by atoms with Crippen LogP contribution < -0.4 is 0 Å². The Morgan fingerprint density at radius 2 is 2.00 bits per heavy atom. The molecule has 6 nitrogen and oxygen atoms in total. The van der Waals surface area contributed by atoms with E-state index in [2.05, 4.69) is 28.8 Å². The van der Waals surface area contributed by atoms with Crippen molar-refractivity contribution >= 4 is 11.0 Å². The summed E-state index contributed by atoms with van der Waals surface area (Å²) in [5.41, 5.74) is 2.44. The summed E-state index contributed by atoms with van der Waals surface area (Å²) in [7, 11) is 0. The predicted molar refractivity (Wildman–Crippen MR) is 85.1 cm³/mol. The summed E-state index contributed by atoms with van der Waals surface area (Å²) in [6.07, 6.45) is 4.51. The van der Waals surface area contributed by atoms with Gasteiger partial charge in [0.05, 0.1) is 17.7 Å². The van der Waals surface area contributed by atoms with Crippen LogP contribution in [0.5, 0.6) is 5.88 Å². The Morgan fingerprint density at radius 3 is 2.74 bits per heavy atom. The van der Waals surface area contributed by atoms with Crippen LogP contribution in [-0.2, 0) is 9.47 Å². The van der Waals surface area contributed by atoms with Gasteiger partial charge < -0.3 is 19.6 Å². The molecule has 6 heteroatoms. The van der Waals surface area contributed by atoms with Crippen LogP contribution in [0.4, 0.5) is 0 Å². The van der Waals surface area contributed by atoms with Crippen molar-refractivity contribution in [2.75, 3.05) is 0 Å². The molecule has 2 aromatic rings. The maximum Gasteiger partial charge on any atom is 0.239 e. The molecule has 124 valence electrons. The summed E-state index contributed by atoms with van der Waals surface area (Å²) < 4.78 is 12.4. The highest BCUT2D eigenvalue weighted by Gasteiger charge is 2.57. The highest BCUT2D eigenvalue weighted by molar-refractivity contribution is 5.83. The molecule has 0 spiro atoms. The number of hydrogen-bond donors (Lipinski definition) is 2. The lowest BCUT2D eigenvalue weighted by atomic mass is 9.85. The number of nitrogens with zero attached hydrogens (tertiary/aromatic N) is 2. The van der Waals surface area contributed by atoms with E-state index in [0.717, 1.165) is 17.5 Å². The fourth-order valence-electron chi connectivity index (χ4n) is 4.56. The third kappa shape index (κ3) is 2.08. The van der Waals surface area contributed by atoms with Crippen molar-refractivity contribution in [2.45, 2.75) is 58.0 Å². The topological polar surface area (TPSA) is 80.3 Å². The molecule has 2 aromatic heterocycles. The summed E-state index contributed by atoms with van der Waals surface area (Å²) >= 11 is 0. The smallest absolute Gasteiger partial charge is 0.239 e. The molecule has 5 unspecified atom stereocenters. The summed E-state index contributed by atoms with van der Waals surface area (Å²) in [5.74, 6) is 0.494. The fourth-order valence-corrected chi connectivity index (χ4v) is 4.56. The van der Waals surface area contributed by atoms with Gasteiger partial charge in [-0.05, 0) is 25.7 Å². The molecule has 2 N–H and O–H groups in total. The zero-order valence-electron chi connectivity index (χ0n) is 13.9. The van der Waals surface area contributed by atoms with E-state index >= 15 is 0 Å². The van der Waals surface area contributed by atoms with Crippen LogP contribution in [0.25, 0.3) is 11.0 Å². The van der Waals surface area contributed by atoms with Crippen LogP contribution in [0.15, 0.2) is 12.5 Å². The molecular weight excluding hydrogens is 294 g/mol. The second-order valence-electron chi connectivity index (χ2n) is 7.19. The third-order valence-corrected chi connectivity index (χ3v) is 5.48. The van der Waals surface area contributed by atoms with Crippen LogP contribution >= 0.6 is 0 Å². The van der Waals surface area contributed by atoms with Gasteiger partial charge in [-0.3, -0.25) is 0 Å². The molecule has 4 rings (SSSR count). The second-order valence-corrected chi connectivity index (χ2v) is 7.19. The third-order valence-electron chi connectivity index (χ3n) is 5.48. The summed E-state index contributed by atoms with van der Waals surface area (Å²) in [5, 5.41) is 9.92. The molecule has 2 fully saturated rings. The largest absolute Gasteiger partial charge is 0.492 e. The van der Waals surface area contributed by atoms with Gasteiger partial charge in [-0.15, -0.1) is 0 Å². The number of fused-ring (bicyclic) bond motifs is 2. The first-order valence-corrected chi connectivity index (χ1v) is 8.29. The van der Waals surface area contributed by atoms with Crippen molar-refractivity contribution < 1.29 is 14.6 Å². The van der Waals surface area contributed by atoms with Crippen LogP contribution in [0.3, 0.4) is 0 Å². The molecule has 23 heavy (non-hydrogen) atoms. The van der Waals surface area contributed by atoms with E-state index in [1.807, 2.05) is 20.0 Å². The molecule has 5 atom stereocenters. The maximum atomic E-state index is 9.92. The monoisotopic (exact) mass is 317 g/mol. The van der Waals surface area contributed by atoms with Crippen molar-refractivity contribution in [3.05, 3.63) is 18.1 Å². The zero-order chi connectivity index (χ0) is 16.4. The highest BCUT2D eigenvalue weighted by Crippen LogP contribution is 2.54. The summed E-state index contributed by atoms with van der Waals surface area (Å²) in [6, 6.07) is 0. The second kappa shape index (κ2) is 4.92. The van der Waals surface area contributed by atoms with Crippen LogP contribution in [-0.4, -0.2) is 38.1 Å². The van der Waals surface area contributed by atoms with Gasteiger partial charge in [0.1, 0.15) is 11.8 Å². The van der Waals surface area contributed by atoms with Crippen molar-refractivity contribution in [2.24, 2.45) is 11.8 Å². The minimum atomic E-state index is -0.551. The number of rotatable bonds is 2. The van der Waals surface area contributed by atoms with E-state index in [1.165, 1.54) is 6.33 Å². The van der Waals surface area contributed by atoms with Gasteiger partial charge in [-0.25, -0.2) is 9.97 Å². The minimum absolute atomic E-state index is 0.0144. The number of ether oxygens (including phenoxy) is 2. The standard InChI is InChI=1S/C17H23N3O3/c1-5-9-8(2)11(15-14(9)22-17(3,4)23-15)10-6-18-13-12(10)19-7-20-16(13)21/h6-9,11,14-15,18H,5H2,1-4H3,(H,19,20,21). The molecule has 0 bridgehead atoms. The normalized spacial score (nSPS) is 35.7. The number of aromatic amines is 1. The Bertz CT molecular complexity index is 742. The molecule has 0 amide bonds. The minimum Gasteiger partial charge on any atom is -0.492 e. The average molecular weight is 317 g/mol. The number of H-pyrrole nitrogens is 1. The van der Waals surface area contributed by atoms with Gasteiger partial charge in [0, 0.05) is 17.7 Å². The lowest BCUT2D eigenvalue weighted by molar-refractivity contribution is -0.162. The molecule has 1 saturated heterocycles. The van der Waals surface area contributed by atoms with Gasteiger partial charge >= 0.3 is 0 Å². The first-order chi connectivity index (χ1) is 10.9. The summed E-state index contributed by atoms with van der Waals surface area (Å²) in [4.78, 5) is 11.3. The molecule has 1 saturated carbocycles. The zero-order valence-corrected chi connectivity index (χ0v) is 13.9. The number of aromatic nitrogens is 3. The van der Waals surface area contributed by atoms with E-state index in [0.29, 0.717) is 17.4 Å². The Morgan fingerprint density at radius 1 is 1.26 bits per heavy atom. The van der Waals surface area contributed by atoms with Gasteiger partial charge in [0.2, 0.25) is 5.88 Å². The van der Waals surface area contributed by atoms with Crippen LogP contribution in [0.2, 0.25) is 0 Å². The Kier molecular flexibility index (Phi) is 3.19. The lowest BCUT2D eigenvalue weighted by Gasteiger charge is -2.27. The van der Waals surface area contributed by atoms with Crippen molar-refractivity contribution in [3.8, 4) is 5.88 Å². The SMILES string of the molecule is CCC1C(C)C(c2c[nH]c3c(O)ncnc23)C2OC(C)(C)OC12. The molecule has 3 heterocycles. The molecule has 1 aliphatic carbocycles. The van der Waals surface area contributed by atoms with E-state index < -0.39 is 5.79 Å². The van der Waals surface area contributed by atoms with Gasteiger partial charge in [0.25, 0.3) is 0 Å². The molecular formula is C17H23N3O3. The van der Waals surface area contributed by atoms with Crippen molar-refractivity contribution in [3.63, 3.8) is 0 Å². The van der Waals surface area contributed by atoms with Crippen LogP contribution in [0, 0.1) is 11.8 Å². The van der Waals surface area contributed by atoms with Gasteiger partial charge in [0.15, 0.2) is 5.79 Å². The average Bonchev–Trinajstić information content (AvgIpc) is 3.09.